The molecule has 0 N–H and O–H groups in total. The van der Waals surface area contributed by atoms with E-state index in [4.69, 9.17) is 8.92 Å². The maximum absolute atomic E-state index is 11.2. The number of hydrogen-bond donors (Lipinski definition) is 0. The minimum atomic E-state index is -3.56. The molecule has 122 valence electrons. The molecule has 2 aromatic rings. The fourth-order valence-corrected chi connectivity index (χ4v) is 3.11. The molecule has 0 bridgehead atoms. The van der Waals surface area contributed by atoms with Gasteiger partial charge < -0.3 is 9.30 Å². The third kappa shape index (κ3) is 3.62. The Morgan fingerprint density at radius 2 is 2.30 bits per heavy atom. The Balaban J connectivity index is 2.02. The van der Waals surface area contributed by atoms with Crippen LogP contribution in [-0.4, -0.2) is 43.2 Å². The second kappa shape index (κ2) is 6.06. The van der Waals surface area contributed by atoms with Gasteiger partial charge in [-0.05, 0) is 18.2 Å². The van der Waals surface area contributed by atoms with Crippen LogP contribution in [0.1, 0.15) is 10.5 Å². The van der Waals surface area contributed by atoms with E-state index in [1.54, 1.807) is 16.8 Å². The van der Waals surface area contributed by atoms with E-state index in [2.05, 4.69) is 20.9 Å². The molecule has 1 atom stereocenters. The van der Waals surface area contributed by atoms with Crippen LogP contribution in [0.2, 0.25) is 0 Å². The Morgan fingerprint density at radius 3 is 3.00 bits per heavy atom. The number of halogens is 1. The van der Waals surface area contributed by atoms with Gasteiger partial charge in [-0.3, -0.25) is 8.98 Å². The van der Waals surface area contributed by atoms with E-state index in [1.807, 2.05) is 12.1 Å². The summed E-state index contributed by atoms with van der Waals surface area (Å²) < 4.78 is 35.7. The third-order valence-corrected chi connectivity index (χ3v) is 4.32. The number of fused-ring (bicyclic) bond motifs is 3. The number of rotatable bonds is 4. The van der Waals surface area contributed by atoms with E-state index in [0.29, 0.717) is 35.7 Å². The van der Waals surface area contributed by atoms with Crippen molar-refractivity contribution in [2.45, 2.75) is 12.6 Å². The van der Waals surface area contributed by atoms with Crippen LogP contribution in [0.4, 0.5) is 0 Å². The number of imidazole rings is 1. The Labute approximate surface area is 141 Å². The lowest BCUT2D eigenvalue weighted by Crippen LogP contribution is -2.28. The van der Waals surface area contributed by atoms with Crippen LogP contribution in [0.15, 0.2) is 28.9 Å². The maximum atomic E-state index is 11.2. The van der Waals surface area contributed by atoms with Gasteiger partial charge in [0, 0.05) is 10.7 Å². The molecule has 1 aromatic carbocycles. The molecule has 1 unspecified atom stereocenters. The highest BCUT2D eigenvalue weighted by Gasteiger charge is 2.25. The van der Waals surface area contributed by atoms with Gasteiger partial charge in [-0.2, -0.15) is 8.42 Å². The SMILES string of the molecule is CS(=O)(=O)OCC1Cn2cc(C=O)nc2-c2cc(Br)ccc2O1. The summed E-state index contributed by atoms with van der Waals surface area (Å²) in [7, 11) is -3.56. The number of aromatic nitrogens is 2. The molecule has 0 fully saturated rings. The number of carbonyl (C=O) groups excluding carboxylic acids is 1. The molecular formula is C14H13BrN2O5S. The average Bonchev–Trinajstić information content (AvgIpc) is 2.82. The summed E-state index contributed by atoms with van der Waals surface area (Å²) in [6.45, 7) is 0.195. The number of benzene rings is 1. The molecule has 0 spiro atoms. The van der Waals surface area contributed by atoms with Gasteiger partial charge in [-0.25, -0.2) is 4.98 Å². The second-order valence-corrected chi connectivity index (χ2v) is 7.69. The van der Waals surface area contributed by atoms with E-state index < -0.39 is 16.2 Å². The molecule has 0 saturated heterocycles. The zero-order valence-corrected chi connectivity index (χ0v) is 14.5. The van der Waals surface area contributed by atoms with Crippen molar-refractivity contribution in [3.05, 3.63) is 34.6 Å². The first kappa shape index (κ1) is 16.2. The van der Waals surface area contributed by atoms with Crippen LogP contribution in [0, 0.1) is 0 Å². The molecule has 1 aromatic heterocycles. The molecule has 1 aliphatic heterocycles. The van der Waals surface area contributed by atoms with E-state index in [-0.39, 0.29) is 6.61 Å². The predicted octanol–water partition coefficient (Wildman–Crippen LogP) is 1.86. The molecular weight excluding hydrogens is 388 g/mol. The molecule has 1 aliphatic rings. The van der Waals surface area contributed by atoms with E-state index >= 15 is 0 Å². The lowest BCUT2D eigenvalue weighted by Gasteiger charge is -2.17. The van der Waals surface area contributed by atoms with E-state index in [0.717, 1.165) is 10.7 Å². The first-order chi connectivity index (χ1) is 10.9. The van der Waals surface area contributed by atoms with Gasteiger partial charge in [0.2, 0.25) is 0 Å². The van der Waals surface area contributed by atoms with Crippen LogP contribution in [-0.2, 0) is 20.8 Å². The van der Waals surface area contributed by atoms with Crippen molar-refractivity contribution < 1.29 is 22.1 Å². The number of hydrogen-bond acceptors (Lipinski definition) is 6. The summed E-state index contributed by atoms with van der Waals surface area (Å²) in [5.41, 5.74) is 1.02. The van der Waals surface area contributed by atoms with Crippen LogP contribution in [0.5, 0.6) is 5.75 Å². The zero-order chi connectivity index (χ0) is 16.6. The lowest BCUT2D eigenvalue weighted by molar-refractivity contribution is 0.111. The fraction of sp³-hybridized carbons (Fsp3) is 0.286. The van der Waals surface area contributed by atoms with Gasteiger partial charge in [0.25, 0.3) is 10.1 Å². The summed E-state index contributed by atoms with van der Waals surface area (Å²) in [6, 6.07) is 5.41. The normalized spacial score (nSPS) is 16.9. The maximum Gasteiger partial charge on any atom is 0.264 e. The first-order valence-corrected chi connectivity index (χ1v) is 9.30. The van der Waals surface area contributed by atoms with Crippen molar-refractivity contribution in [3.63, 3.8) is 0 Å². The zero-order valence-electron chi connectivity index (χ0n) is 12.1. The molecule has 2 heterocycles. The smallest absolute Gasteiger partial charge is 0.264 e. The van der Waals surface area contributed by atoms with Crippen LogP contribution < -0.4 is 4.74 Å². The second-order valence-electron chi connectivity index (χ2n) is 5.13. The van der Waals surface area contributed by atoms with Gasteiger partial charge in [0.05, 0.1) is 18.4 Å². The van der Waals surface area contributed by atoms with Crippen LogP contribution in [0.3, 0.4) is 0 Å². The number of aldehydes is 1. The van der Waals surface area contributed by atoms with E-state index in [1.165, 1.54) is 0 Å². The van der Waals surface area contributed by atoms with Crippen LogP contribution in [0.25, 0.3) is 11.4 Å². The molecule has 7 nitrogen and oxygen atoms in total. The Hall–Kier alpha value is -1.71. The third-order valence-electron chi connectivity index (χ3n) is 3.26. The summed E-state index contributed by atoms with van der Waals surface area (Å²) >= 11 is 3.40. The number of nitrogens with zero attached hydrogens (tertiary/aromatic N) is 2. The molecule has 9 heteroatoms. The molecule has 0 amide bonds. The van der Waals surface area contributed by atoms with Crippen molar-refractivity contribution in [1.29, 1.82) is 0 Å². The van der Waals surface area contributed by atoms with Gasteiger partial charge in [0.15, 0.2) is 6.29 Å². The molecule has 23 heavy (non-hydrogen) atoms. The van der Waals surface area contributed by atoms with Crippen molar-refractivity contribution in [2.75, 3.05) is 12.9 Å². The summed E-state index contributed by atoms with van der Waals surface area (Å²) in [4.78, 5) is 15.3. The highest BCUT2D eigenvalue weighted by molar-refractivity contribution is 9.10. The van der Waals surface area contributed by atoms with Gasteiger partial charge in [-0.15, -0.1) is 0 Å². The lowest BCUT2D eigenvalue weighted by atomic mass is 10.2. The fourth-order valence-electron chi connectivity index (χ4n) is 2.35. The van der Waals surface area contributed by atoms with Gasteiger partial charge in [0.1, 0.15) is 30.0 Å². The largest absolute Gasteiger partial charge is 0.485 e. The highest BCUT2D eigenvalue weighted by Crippen LogP contribution is 2.35. The predicted molar refractivity (Wildman–Crippen MR) is 86.0 cm³/mol. The molecule has 0 saturated carbocycles. The minimum Gasteiger partial charge on any atom is -0.485 e. The summed E-state index contributed by atoms with van der Waals surface area (Å²) in [6.07, 6.45) is 2.73. The van der Waals surface area contributed by atoms with E-state index in [9.17, 15) is 13.2 Å². The summed E-state index contributed by atoms with van der Waals surface area (Å²) in [5, 5.41) is 0. The Bertz CT molecular complexity index is 862. The topological polar surface area (TPSA) is 87.5 Å². The molecule has 0 radical (unpaired) electrons. The molecule has 0 aliphatic carbocycles. The minimum absolute atomic E-state index is 0.123. The quantitative estimate of drug-likeness (QED) is 0.574. The van der Waals surface area contributed by atoms with Crippen LogP contribution >= 0.6 is 15.9 Å². The van der Waals surface area contributed by atoms with Crippen molar-refractivity contribution >= 4 is 32.3 Å². The molecule has 3 rings (SSSR count). The summed E-state index contributed by atoms with van der Waals surface area (Å²) in [5.74, 6) is 1.14. The van der Waals surface area contributed by atoms with Gasteiger partial charge in [-0.1, -0.05) is 15.9 Å². The monoisotopic (exact) mass is 400 g/mol. The average molecular weight is 401 g/mol. The van der Waals surface area contributed by atoms with Crippen molar-refractivity contribution in [2.24, 2.45) is 0 Å². The van der Waals surface area contributed by atoms with Crippen molar-refractivity contribution in [3.8, 4) is 17.1 Å². The van der Waals surface area contributed by atoms with Crippen molar-refractivity contribution in [1.82, 2.24) is 9.55 Å². The van der Waals surface area contributed by atoms with Gasteiger partial charge >= 0.3 is 0 Å². The standard InChI is InChI=1S/C14H13BrN2O5S/c1-23(19,20)21-8-11-6-17-5-10(7-18)16-14(17)12-4-9(15)2-3-13(12)22-11/h2-5,7,11H,6,8H2,1H3. The number of ether oxygens (including phenoxy) is 1. The highest BCUT2D eigenvalue weighted by atomic mass is 79.9. The Kier molecular flexibility index (Phi) is 4.26. The Morgan fingerprint density at radius 1 is 1.52 bits per heavy atom. The first-order valence-electron chi connectivity index (χ1n) is 6.69. The number of carbonyl (C=O) groups is 1.